The van der Waals surface area contributed by atoms with E-state index in [4.69, 9.17) is 34.8 Å². The van der Waals surface area contributed by atoms with Gasteiger partial charge in [-0.15, -0.1) is 0 Å². The fourth-order valence-electron chi connectivity index (χ4n) is 3.79. The molecule has 184 valence electrons. The van der Waals surface area contributed by atoms with E-state index in [2.05, 4.69) is 12.2 Å². The molecule has 0 radical (unpaired) electrons. The van der Waals surface area contributed by atoms with Gasteiger partial charge >= 0.3 is 0 Å². The summed E-state index contributed by atoms with van der Waals surface area (Å²) in [6.07, 6.45) is 2.30. The molecule has 7 heteroatoms. The Morgan fingerprint density at radius 1 is 0.857 bits per heavy atom. The van der Waals surface area contributed by atoms with Crippen LogP contribution < -0.4 is 5.32 Å². The number of nitrogens with zero attached hydrogens (tertiary/aromatic N) is 1. The molecule has 35 heavy (non-hydrogen) atoms. The molecule has 0 fully saturated rings. The number of amides is 2. The van der Waals surface area contributed by atoms with E-state index < -0.39 is 6.04 Å². The molecule has 0 saturated heterocycles. The highest BCUT2D eigenvalue weighted by atomic mass is 35.5. The summed E-state index contributed by atoms with van der Waals surface area (Å²) in [5.41, 5.74) is 2.37. The second-order valence-electron chi connectivity index (χ2n) is 8.38. The lowest BCUT2D eigenvalue weighted by atomic mass is 10.0. The van der Waals surface area contributed by atoms with Crippen LogP contribution in [-0.2, 0) is 29.0 Å². The summed E-state index contributed by atoms with van der Waals surface area (Å²) >= 11 is 18.9. The minimum Gasteiger partial charge on any atom is -0.354 e. The van der Waals surface area contributed by atoms with Crippen molar-refractivity contribution in [2.45, 2.75) is 45.2 Å². The topological polar surface area (TPSA) is 49.4 Å². The van der Waals surface area contributed by atoms with Crippen molar-refractivity contribution >= 4 is 46.6 Å². The number of halogens is 3. The molecule has 0 aliphatic heterocycles. The van der Waals surface area contributed by atoms with Gasteiger partial charge in [0.05, 0.1) is 6.42 Å². The standard InChI is InChI=1S/C28H29Cl3N2O2/c1-2-3-16-32-28(35)26(17-20-8-5-4-6-9-20)33(19-23-24(30)10-7-11-25(23)31)27(34)18-21-12-14-22(29)15-13-21/h4-15,26H,2-3,16-19H2,1H3,(H,32,35). The van der Waals surface area contributed by atoms with Crippen LogP contribution in [0.4, 0.5) is 0 Å². The number of hydrogen-bond donors (Lipinski definition) is 1. The zero-order valence-corrected chi connectivity index (χ0v) is 21.9. The molecule has 4 nitrogen and oxygen atoms in total. The Morgan fingerprint density at radius 3 is 2.14 bits per heavy atom. The van der Waals surface area contributed by atoms with Crippen LogP contribution in [0.2, 0.25) is 15.1 Å². The summed E-state index contributed by atoms with van der Waals surface area (Å²) in [6, 6.07) is 21.3. The third-order valence-corrected chi connectivity index (χ3v) is 6.72. The molecule has 3 aromatic carbocycles. The molecule has 0 aliphatic rings. The first kappa shape index (κ1) is 27.1. The van der Waals surface area contributed by atoms with Crippen LogP contribution >= 0.6 is 34.8 Å². The number of hydrogen-bond acceptors (Lipinski definition) is 2. The molecule has 0 aromatic heterocycles. The van der Waals surface area contributed by atoms with Crippen LogP contribution in [0.15, 0.2) is 72.8 Å². The number of benzene rings is 3. The summed E-state index contributed by atoms with van der Waals surface area (Å²) < 4.78 is 0. The summed E-state index contributed by atoms with van der Waals surface area (Å²) in [5.74, 6) is -0.398. The van der Waals surface area contributed by atoms with Crippen molar-refractivity contribution in [1.82, 2.24) is 10.2 Å². The van der Waals surface area contributed by atoms with Gasteiger partial charge in [0.25, 0.3) is 0 Å². The average Bonchev–Trinajstić information content (AvgIpc) is 2.85. The van der Waals surface area contributed by atoms with Gasteiger partial charge in [-0.05, 0) is 41.8 Å². The van der Waals surface area contributed by atoms with Crippen molar-refractivity contribution < 1.29 is 9.59 Å². The van der Waals surface area contributed by atoms with E-state index in [1.807, 2.05) is 42.5 Å². The van der Waals surface area contributed by atoms with Crippen molar-refractivity contribution in [3.63, 3.8) is 0 Å². The lowest BCUT2D eigenvalue weighted by Crippen LogP contribution is -2.51. The summed E-state index contributed by atoms with van der Waals surface area (Å²) in [5, 5.41) is 4.51. The van der Waals surface area contributed by atoms with Gasteiger partial charge in [-0.2, -0.15) is 0 Å². The predicted molar refractivity (Wildman–Crippen MR) is 144 cm³/mol. The summed E-state index contributed by atoms with van der Waals surface area (Å²) in [4.78, 5) is 28.7. The highest BCUT2D eigenvalue weighted by molar-refractivity contribution is 6.36. The van der Waals surface area contributed by atoms with Crippen LogP contribution in [0.1, 0.15) is 36.5 Å². The number of unbranched alkanes of at least 4 members (excludes halogenated alkanes) is 1. The van der Waals surface area contributed by atoms with Gasteiger partial charge in [0.2, 0.25) is 11.8 Å². The van der Waals surface area contributed by atoms with Gasteiger partial charge in [-0.25, -0.2) is 0 Å². The molecule has 0 saturated carbocycles. The van der Waals surface area contributed by atoms with Crippen LogP contribution in [-0.4, -0.2) is 29.3 Å². The molecule has 1 unspecified atom stereocenters. The first-order valence-electron chi connectivity index (χ1n) is 11.7. The second-order valence-corrected chi connectivity index (χ2v) is 9.63. The highest BCUT2D eigenvalue weighted by Crippen LogP contribution is 2.27. The smallest absolute Gasteiger partial charge is 0.243 e. The Bertz CT molecular complexity index is 1100. The molecule has 3 aromatic rings. The maximum absolute atomic E-state index is 13.7. The average molecular weight is 532 g/mol. The molecule has 0 spiro atoms. The minimum atomic E-state index is -0.735. The third-order valence-electron chi connectivity index (χ3n) is 5.76. The van der Waals surface area contributed by atoms with Gasteiger partial charge in [-0.1, -0.05) is 96.7 Å². The molecule has 1 atom stereocenters. The maximum Gasteiger partial charge on any atom is 0.243 e. The van der Waals surface area contributed by atoms with Crippen LogP contribution in [0.25, 0.3) is 0 Å². The Kier molecular flexibility index (Phi) is 10.5. The van der Waals surface area contributed by atoms with E-state index in [0.717, 1.165) is 24.0 Å². The molecular formula is C28H29Cl3N2O2. The quantitative estimate of drug-likeness (QED) is 0.278. The second kappa shape index (κ2) is 13.5. The van der Waals surface area contributed by atoms with Gasteiger partial charge < -0.3 is 10.2 Å². The Balaban J connectivity index is 1.98. The summed E-state index contributed by atoms with van der Waals surface area (Å²) in [6.45, 7) is 2.73. The van der Waals surface area contributed by atoms with Crippen LogP contribution in [0.5, 0.6) is 0 Å². The normalized spacial score (nSPS) is 11.7. The largest absolute Gasteiger partial charge is 0.354 e. The van der Waals surface area contributed by atoms with Crippen molar-refractivity contribution in [1.29, 1.82) is 0 Å². The van der Waals surface area contributed by atoms with E-state index in [0.29, 0.717) is 33.6 Å². The monoisotopic (exact) mass is 530 g/mol. The Morgan fingerprint density at radius 2 is 1.51 bits per heavy atom. The van der Waals surface area contributed by atoms with E-state index >= 15 is 0 Å². The highest BCUT2D eigenvalue weighted by Gasteiger charge is 2.31. The fourth-order valence-corrected chi connectivity index (χ4v) is 4.44. The first-order valence-corrected chi connectivity index (χ1v) is 12.8. The van der Waals surface area contributed by atoms with Crippen molar-refractivity contribution in [3.8, 4) is 0 Å². The van der Waals surface area contributed by atoms with Gasteiger partial charge in [0.15, 0.2) is 0 Å². The summed E-state index contributed by atoms with van der Waals surface area (Å²) in [7, 11) is 0. The zero-order chi connectivity index (χ0) is 25.2. The number of carbonyl (C=O) groups excluding carboxylic acids is 2. The van der Waals surface area contributed by atoms with E-state index in [1.165, 1.54) is 0 Å². The lowest BCUT2D eigenvalue weighted by molar-refractivity contribution is -0.140. The molecule has 0 heterocycles. The van der Waals surface area contributed by atoms with Crippen LogP contribution in [0, 0.1) is 0 Å². The third kappa shape index (κ3) is 7.99. The minimum absolute atomic E-state index is 0.115. The molecule has 3 rings (SSSR count). The lowest BCUT2D eigenvalue weighted by Gasteiger charge is -2.32. The maximum atomic E-state index is 13.7. The van der Waals surface area contributed by atoms with Crippen molar-refractivity contribution in [2.75, 3.05) is 6.54 Å². The van der Waals surface area contributed by atoms with E-state index in [9.17, 15) is 9.59 Å². The van der Waals surface area contributed by atoms with Gasteiger partial charge in [0, 0.05) is 40.1 Å². The molecule has 2 amide bonds. The van der Waals surface area contributed by atoms with Crippen molar-refractivity contribution in [2.24, 2.45) is 0 Å². The molecular weight excluding hydrogens is 503 g/mol. The zero-order valence-electron chi connectivity index (χ0n) is 19.6. The SMILES string of the molecule is CCCCNC(=O)C(Cc1ccccc1)N(Cc1c(Cl)cccc1Cl)C(=O)Cc1ccc(Cl)cc1. The van der Waals surface area contributed by atoms with Gasteiger partial charge in [-0.3, -0.25) is 9.59 Å². The number of rotatable bonds is 11. The van der Waals surface area contributed by atoms with E-state index in [1.54, 1.807) is 35.2 Å². The van der Waals surface area contributed by atoms with Gasteiger partial charge in [0.1, 0.15) is 6.04 Å². The fraction of sp³-hybridized carbons (Fsp3) is 0.286. The molecule has 0 bridgehead atoms. The van der Waals surface area contributed by atoms with Crippen LogP contribution in [0.3, 0.4) is 0 Å². The first-order chi connectivity index (χ1) is 16.9. The molecule has 1 N–H and O–H groups in total. The van der Waals surface area contributed by atoms with E-state index in [-0.39, 0.29) is 24.8 Å². The Labute approximate surface area is 222 Å². The van der Waals surface area contributed by atoms with Crippen molar-refractivity contribution in [3.05, 3.63) is 105 Å². The number of nitrogens with one attached hydrogen (secondary N) is 1. The predicted octanol–water partition coefficient (Wildman–Crippen LogP) is 6.75. The Hall–Kier alpha value is -2.53. The number of carbonyl (C=O) groups is 2. The molecule has 0 aliphatic carbocycles.